The molecule has 0 bridgehead atoms. The first-order valence-electron chi connectivity index (χ1n) is 12.5. The number of nitrogens with zero attached hydrogens (tertiary/aromatic N) is 1. The Bertz CT molecular complexity index is 1270. The summed E-state index contributed by atoms with van der Waals surface area (Å²) in [7, 11) is 0. The maximum absolute atomic E-state index is 12.9. The molecule has 190 valence electrons. The van der Waals surface area contributed by atoms with Gasteiger partial charge in [-0.25, -0.2) is 0 Å². The molecule has 2 N–H and O–H groups in total. The topological polar surface area (TPSA) is 97.0 Å². The summed E-state index contributed by atoms with van der Waals surface area (Å²) >= 11 is 0. The van der Waals surface area contributed by atoms with Gasteiger partial charge in [0, 0.05) is 31.3 Å². The number of carbonyl (C=O) groups excluding carboxylic acids is 1. The van der Waals surface area contributed by atoms with Crippen LogP contribution in [0.4, 0.5) is 17.1 Å². The van der Waals surface area contributed by atoms with Crippen LogP contribution in [0.3, 0.4) is 0 Å². The van der Waals surface area contributed by atoms with E-state index in [4.69, 9.17) is 9.47 Å². The van der Waals surface area contributed by atoms with Crippen molar-refractivity contribution in [2.75, 3.05) is 41.8 Å². The summed E-state index contributed by atoms with van der Waals surface area (Å²) in [6.45, 7) is 8.95. The molecule has 8 nitrogen and oxygen atoms in total. The maximum atomic E-state index is 12.9. The smallest absolute Gasteiger partial charge is 0.255 e. The first-order valence-corrected chi connectivity index (χ1v) is 12.5. The third-order valence-corrected chi connectivity index (χ3v) is 6.48. The third-order valence-electron chi connectivity index (χ3n) is 6.48. The average molecular weight is 492 g/mol. The maximum Gasteiger partial charge on any atom is 0.255 e. The lowest BCUT2D eigenvalue weighted by Gasteiger charge is -2.33. The van der Waals surface area contributed by atoms with E-state index in [0.717, 1.165) is 31.5 Å². The van der Waals surface area contributed by atoms with Gasteiger partial charge in [-0.2, -0.15) is 0 Å². The minimum Gasteiger partial charge on any atom is -0.494 e. The molecule has 1 aliphatic rings. The van der Waals surface area contributed by atoms with Crippen molar-refractivity contribution in [1.29, 1.82) is 0 Å². The molecule has 1 fully saturated rings. The van der Waals surface area contributed by atoms with Gasteiger partial charge in [0.05, 0.1) is 18.9 Å². The SMILES string of the molecule is CCOc1ccc(OCC)c(NC(=O)c2ccc(CNc3c(N4CCC(C)CC4)c(=O)c3=O)cc2)c1. The fraction of sp³-hybridized carbons (Fsp3) is 0.393. The molecule has 0 saturated carbocycles. The highest BCUT2D eigenvalue weighted by molar-refractivity contribution is 6.05. The van der Waals surface area contributed by atoms with Crippen molar-refractivity contribution >= 4 is 23.0 Å². The molecule has 0 radical (unpaired) electrons. The van der Waals surface area contributed by atoms with Gasteiger partial charge >= 0.3 is 0 Å². The van der Waals surface area contributed by atoms with Gasteiger partial charge in [0.1, 0.15) is 22.9 Å². The Labute approximate surface area is 210 Å². The summed E-state index contributed by atoms with van der Waals surface area (Å²) in [5.74, 6) is 1.59. The third kappa shape index (κ3) is 5.53. The van der Waals surface area contributed by atoms with Gasteiger partial charge < -0.3 is 25.0 Å². The number of benzene rings is 2. The van der Waals surface area contributed by atoms with Gasteiger partial charge in [0.2, 0.25) is 0 Å². The Morgan fingerprint density at radius 3 is 2.33 bits per heavy atom. The molecule has 0 aliphatic carbocycles. The lowest BCUT2D eigenvalue weighted by molar-refractivity contribution is 0.102. The van der Waals surface area contributed by atoms with Crippen LogP contribution >= 0.6 is 0 Å². The molecule has 1 heterocycles. The Kier molecular flexibility index (Phi) is 7.93. The number of amides is 1. The molecule has 36 heavy (non-hydrogen) atoms. The van der Waals surface area contributed by atoms with Gasteiger partial charge in [-0.05, 0) is 62.4 Å². The van der Waals surface area contributed by atoms with Crippen LogP contribution in [0.5, 0.6) is 11.5 Å². The molecule has 0 aromatic heterocycles. The molecular weight excluding hydrogens is 458 g/mol. The molecular formula is C28H33N3O5. The van der Waals surface area contributed by atoms with Crippen molar-refractivity contribution < 1.29 is 14.3 Å². The summed E-state index contributed by atoms with van der Waals surface area (Å²) in [4.78, 5) is 39.3. The highest BCUT2D eigenvalue weighted by Gasteiger charge is 2.28. The van der Waals surface area contributed by atoms with Gasteiger partial charge in [-0.3, -0.25) is 14.4 Å². The van der Waals surface area contributed by atoms with Crippen molar-refractivity contribution in [1.82, 2.24) is 0 Å². The number of anilines is 3. The number of rotatable bonds is 10. The van der Waals surface area contributed by atoms with Crippen LogP contribution in [0, 0.1) is 5.92 Å². The monoisotopic (exact) mass is 491 g/mol. The van der Waals surface area contributed by atoms with Gasteiger partial charge in [-0.15, -0.1) is 0 Å². The highest BCUT2D eigenvalue weighted by atomic mass is 16.5. The number of carbonyl (C=O) groups is 1. The second-order valence-electron chi connectivity index (χ2n) is 9.08. The van der Waals surface area contributed by atoms with Crippen molar-refractivity contribution in [2.24, 2.45) is 5.92 Å². The summed E-state index contributed by atoms with van der Waals surface area (Å²) in [5, 5.41) is 6.04. The molecule has 0 unspecified atom stereocenters. The second-order valence-corrected chi connectivity index (χ2v) is 9.08. The van der Waals surface area contributed by atoms with Crippen molar-refractivity contribution in [3.05, 3.63) is 74.0 Å². The number of ether oxygens (including phenoxy) is 2. The zero-order chi connectivity index (χ0) is 25.7. The zero-order valence-corrected chi connectivity index (χ0v) is 21.1. The lowest BCUT2D eigenvalue weighted by Crippen LogP contribution is -2.45. The van der Waals surface area contributed by atoms with Crippen LogP contribution in [-0.2, 0) is 6.54 Å². The first-order chi connectivity index (χ1) is 17.4. The van der Waals surface area contributed by atoms with Crippen LogP contribution < -0.4 is 35.9 Å². The van der Waals surface area contributed by atoms with E-state index in [1.807, 2.05) is 30.9 Å². The van der Waals surface area contributed by atoms with Gasteiger partial charge in [0.15, 0.2) is 0 Å². The fourth-order valence-electron chi connectivity index (χ4n) is 4.38. The molecule has 0 spiro atoms. The van der Waals surface area contributed by atoms with Gasteiger partial charge in [-0.1, -0.05) is 19.1 Å². The minimum absolute atomic E-state index is 0.270. The van der Waals surface area contributed by atoms with E-state index in [1.165, 1.54) is 0 Å². The Hall–Kier alpha value is -3.81. The van der Waals surface area contributed by atoms with Crippen molar-refractivity contribution in [3.63, 3.8) is 0 Å². The highest BCUT2D eigenvalue weighted by Crippen LogP contribution is 2.30. The Morgan fingerprint density at radius 2 is 1.67 bits per heavy atom. The van der Waals surface area contributed by atoms with E-state index in [2.05, 4.69) is 17.6 Å². The molecule has 1 saturated heterocycles. The van der Waals surface area contributed by atoms with E-state index >= 15 is 0 Å². The summed E-state index contributed by atoms with van der Waals surface area (Å²) in [6.07, 6.45) is 2.04. The van der Waals surface area contributed by atoms with E-state index in [1.54, 1.807) is 30.3 Å². The van der Waals surface area contributed by atoms with Crippen LogP contribution in [0.2, 0.25) is 0 Å². The van der Waals surface area contributed by atoms with Crippen LogP contribution in [-0.4, -0.2) is 32.2 Å². The largest absolute Gasteiger partial charge is 0.494 e. The zero-order valence-electron chi connectivity index (χ0n) is 21.1. The van der Waals surface area contributed by atoms with E-state index < -0.39 is 10.9 Å². The predicted octanol–water partition coefficient (Wildman–Crippen LogP) is 4.18. The lowest BCUT2D eigenvalue weighted by atomic mass is 9.98. The molecule has 0 atom stereocenters. The standard InChI is InChI=1S/C28H33N3O5/c1-4-35-21-10-11-23(36-5-2)22(16-21)30-28(34)20-8-6-19(7-9-20)17-29-24-25(27(33)26(24)32)31-14-12-18(3)13-15-31/h6-11,16,18,29H,4-5,12-15,17H2,1-3H3,(H,30,34). The molecule has 8 heteroatoms. The minimum atomic E-state index is -0.459. The van der Waals surface area contributed by atoms with Crippen LogP contribution in [0.15, 0.2) is 52.1 Å². The normalized spacial score (nSPS) is 14.0. The Morgan fingerprint density at radius 1 is 0.972 bits per heavy atom. The number of hydrogen-bond acceptors (Lipinski definition) is 7. The number of hydrogen-bond donors (Lipinski definition) is 2. The van der Waals surface area contributed by atoms with E-state index in [9.17, 15) is 14.4 Å². The number of nitrogens with one attached hydrogen (secondary N) is 2. The summed E-state index contributed by atoms with van der Waals surface area (Å²) in [6, 6.07) is 12.4. The van der Waals surface area contributed by atoms with Crippen molar-refractivity contribution in [2.45, 2.75) is 40.2 Å². The van der Waals surface area contributed by atoms with Crippen LogP contribution in [0.1, 0.15) is 49.5 Å². The first kappa shape index (κ1) is 25.3. The van der Waals surface area contributed by atoms with Crippen molar-refractivity contribution in [3.8, 4) is 11.5 Å². The van der Waals surface area contributed by atoms with E-state index in [0.29, 0.717) is 59.8 Å². The quantitative estimate of drug-likeness (QED) is 0.411. The average Bonchev–Trinajstić information content (AvgIpc) is 2.89. The summed E-state index contributed by atoms with van der Waals surface area (Å²) < 4.78 is 11.2. The van der Waals surface area contributed by atoms with E-state index in [-0.39, 0.29) is 5.91 Å². The second kappa shape index (κ2) is 11.3. The fourth-order valence-corrected chi connectivity index (χ4v) is 4.38. The molecule has 3 aromatic carbocycles. The number of piperidine rings is 1. The molecule has 4 rings (SSSR count). The van der Waals surface area contributed by atoms with Gasteiger partial charge in [0.25, 0.3) is 16.8 Å². The molecule has 1 amide bonds. The molecule has 3 aromatic rings. The molecule has 1 aliphatic heterocycles. The Balaban J connectivity index is 1.40. The summed E-state index contributed by atoms with van der Waals surface area (Å²) in [5.41, 5.74) is 1.97. The van der Waals surface area contributed by atoms with Crippen LogP contribution in [0.25, 0.3) is 0 Å². The predicted molar refractivity (Wildman–Crippen MR) is 142 cm³/mol.